The molecule has 0 aliphatic carbocycles. The Morgan fingerprint density at radius 1 is 1.07 bits per heavy atom. The molecule has 0 saturated heterocycles. The zero-order chi connectivity index (χ0) is 20.7. The fraction of sp³-hybridized carbons (Fsp3) is 0.500. The van der Waals surface area contributed by atoms with Gasteiger partial charge in [-0.2, -0.15) is 10.2 Å². The minimum absolute atomic E-state index is 0.0224. The summed E-state index contributed by atoms with van der Waals surface area (Å²) in [4.78, 5) is 4.90. The van der Waals surface area contributed by atoms with Crippen LogP contribution in [0.25, 0.3) is 0 Å². The summed E-state index contributed by atoms with van der Waals surface area (Å²) < 4.78 is 0. The molecular formula is C22H27Cl2N5. The summed E-state index contributed by atoms with van der Waals surface area (Å²) >= 11 is 12.6. The molecule has 29 heavy (non-hydrogen) atoms. The molecule has 0 spiro atoms. The quantitative estimate of drug-likeness (QED) is 0.577. The van der Waals surface area contributed by atoms with Crippen LogP contribution in [0.2, 0.25) is 10.0 Å². The van der Waals surface area contributed by atoms with Crippen molar-refractivity contribution in [3.05, 3.63) is 45.6 Å². The Hall–Kier alpha value is -1.85. The molecule has 7 heteroatoms. The van der Waals surface area contributed by atoms with E-state index in [1.54, 1.807) is 6.07 Å². The molecule has 2 atom stereocenters. The topological polar surface area (TPSA) is 43.6 Å². The van der Waals surface area contributed by atoms with E-state index in [1.807, 2.05) is 31.0 Å². The van der Waals surface area contributed by atoms with Crippen LogP contribution < -0.4 is 0 Å². The molecule has 0 radical (unpaired) electrons. The third-order valence-corrected chi connectivity index (χ3v) is 6.28. The molecule has 0 N–H and O–H groups in total. The maximum atomic E-state index is 6.52. The van der Waals surface area contributed by atoms with Gasteiger partial charge in [0.15, 0.2) is 0 Å². The van der Waals surface area contributed by atoms with Crippen LogP contribution >= 0.6 is 23.2 Å². The number of allylic oxidation sites excluding steroid dienone is 1. The van der Waals surface area contributed by atoms with Gasteiger partial charge < -0.3 is 0 Å². The highest BCUT2D eigenvalue weighted by Crippen LogP contribution is 2.36. The Morgan fingerprint density at radius 2 is 1.79 bits per heavy atom. The summed E-state index contributed by atoms with van der Waals surface area (Å²) in [5, 5.41) is 15.4. The lowest BCUT2D eigenvalue weighted by Gasteiger charge is -2.45. The second-order valence-electron chi connectivity index (χ2n) is 7.92. The van der Waals surface area contributed by atoms with Gasteiger partial charge in [-0.3, -0.25) is 10.0 Å². The van der Waals surface area contributed by atoms with E-state index in [4.69, 9.17) is 38.4 Å². The molecule has 0 aromatic heterocycles. The number of rotatable bonds is 6. The molecule has 3 aliphatic rings. The van der Waals surface area contributed by atoms with Crippen LogP contribution in [0.1, 0.15) is 58.9 Å². The Bertz CT molecular complexity index is 927. The number of hydrogen-bond acceptors (Lipinski definition) is 5. The minimum atomic E-state index is 0.0224. The van der Waals surface area contributed by atoms with Gasteiger partial charge in [0.25, 0.3) is 0 Å². The molecule has 0 saturated carbocycles. The third kappa shape index (κ3) is 3.59. The van der Waals surface area contributed by atoms with Crippen LogP contribution in [-0.2, 0) is 0 Å². The molecule has 154 valence electrons. The molecular weight excluding hydrogens is 405 g/mol. The fourth-order valence-corrected chi connectivity index (χ4v) is 5.01. The highest BCUT2D eigenvalue weighted by Gasteiger charge is 2.48. The predicted molar refractivity (Wildman–Crippen MR) is 122 cm³/mol. The number of benzene rings is 1. The van der Waals surface area contributed by atoms with Crippen molar-refractivity contribution in [2.75, 3.05) is 0 Å². The average molecular weight is 432 g/mol. The summed E-state index contributed by atoms with van der Waals surface area (Å²) in [7, 11) is 0. The second kappa shape index (κ2) is 8.11. The highest BCUT2D eigenvalue weighted by molar-refractivity contribution is 6.54. The van der Waals surface area contributed by atoms with E-state index in [2.05, 4.69) is 24.9 Å². The molecule has 1 aromatic carbocycles. The van der Waals surface area contributed by atoms with Crippen molar-refractivity contribution in [2.45, 2.75) is 71.5 Å². The van der Waals surface area contributed by atoms with Gasteiger partial charge in [-0.25, -0.2) is 5.01 Å². The van der Waals surface area contributed by atoms with Gasteiger partial charge in [0, 0.05) is 22.3 Å². The van der Waals surface area contributed by atoms with E-state index in [0.29, 0.717) is 16.1 Å². The van der Waals surface area contributed by atoms with Crippen LogP contribution in [0.4, 0.5) is 0 Å². The summed E-state index contributed by atoms with van der Waals surface area (Å²) in [6, 6.07) is 6.08. The van der Waals surface area contributed by atoms with Crippen molar-refractivity contribution in [2.24, 2.45) is 15.2 Å². The van der Waals surface area contributed by atoms with Crippen molar-refractivity contribution < 1.29 is 0 Å². The monoisotopic (exact) mass is 431 g/mol. The number of hydrazone groups is 2. The van der Waals surface area contributed by atoms with E-state index < -0.39 is 0 Å². The maximum Gasteiger partial charge on any atom is 0.142 e. The zero-order valence-corrected chi connectivity index (χ0v) is 18.9. The smallest absolute Gasteiger partial charge is 0.142 e. The third-order valence-electron chi connectivity index (χ3n) is 5.73. The Kier molecular flexibility index (Phi) is 5.71. The number of aliphatic imine (C=N–C) groups is 1. The summed E-state index contributed by atoms with van der Waals surface area (Å²) in [6.07, 6.45) is 6.77. The van der Waals surface area contributed by atoms with Crippen molar-refractivity contribution in [3.8, 4) is 0 Å². The first-order valence-electron chi connectivity index (χ1n) is 10.4. The van der Waals surface area contributed by atoms with Crippen LogP contribution in [0.15, 0.2) is 45.2 Å². The molecule has 2 unspecified atom stereocenters. The fourth-order valence-electron chi connectivity index (χ4n) is 4.52. The molecule has 4 rings (SSSR count). The van der Waals surface area contributed by atoms with Crippen LogP contribution in [0.5, 0.6) is 0 Å². The molecule has 5 nitrogen and oxygen atoms in total. The Morgan fingerprint density at radius 3 is 2.45 bits per heavy atom. The molecule has 3 heterocycles. The standard InChI is InChI=1S/C22H27Cl2N5/c1-5-7-16(8-6-2)29-19-11-13(3)25-21-20(17-10-9-15(23)12-18(17)24)27-28(22(19)21)14(4)26-29/h9-12,16,19,22H,5-8H2,1-4H3. The first-order chi connectivity index (χ1) is 13.9. The van der Waals surface area contributed by atoms with Gasteiger partial charge in [-0.15, -0.1) is 0 Å². The highest BCUT2D eigenvalue weighted by atomic mass is 35.5. The van der Waals surface area contributed by atoms with E-state index >= 15 is 0 Å². The summed E-state index contributed by atoms with van der Waals surface area (Å²) in [5.74, 6) is 0.893. The van der Waals surface area contributed by atoms with Crippen molar-refractivity contribution >= 4 is 40.5 Å². The van der Waals surface area contributed by atoms with E-state index in [9.17, 15) is 0 Å². The first kappa shape index (κ1) is 20.4. The molecule has 0 amide bonds. The average Bonchev–Trinajstić information content (AvgIpc) is 3.04. The number of halogens is 2. The van der Waals surface area contributed by atoms with Gasteiger partial charge in [-0.05, 0) is 51.0 Å². The molecule has 3 aliphatic heterocycles. The van der Waals surface area contributed by atoms with Crippen LogP contribution in [0, 0.1) is 0 Å². The lowest BCUT2D eigenvalue weighted by atomic mass is 9.91. The predicted octanol–water partition coefficient (Wildman–Crippen LogP) is 5.73. The van der Waals surface area contributed by atoms with Crippen molar-refractivity contribution in [1.29, 1.82) is 0 Å². The van der Waals surface area contributed by atoms with E-state index in [-0.39, 0.29) is 12.1 Å². The summed E-state index contributed by atoms with van der Waals surface area (Å²) in [6.45, 7) is 8.55. The van der Waals surface area contributed by atoms with E-state index in [0.717, 1.165) is 54.2 Å². The number of nitrogens with zero attached hydrogens (tertiary/aromatic N) is 5. The van der Waals surface area contributed by atoms with Gasteiger partial charge in [0.05, 0.1) is 16.8 Å². The zero-order valence-electron chi connectivity index (χ0n) is 17.4. The maximum absolute atomic E-state index is 6.52. The molecule has 0 fully saturated rings. The Labute approximate surface area is 182 Å². The SMILES string of the molecule is CCCC(CCC)N1N=C(C)N2N=C(c3ccc(Cl)cc3Cl)C3=NC(C)=CC1C32. The Balaban J connectivity index is 1.78. The lowest BCUT2D eigenvalue weighted by molar-refractivity contribution is 0.0947. The van der Waals surface area contributed by atoms with Crippen molar-refractivity contribution in [3.63, 3.8) is 0 Å². The van der Waals surface area contributed by atoms with Gasteiger partial charge in [0.1, 0.15) is 17.6 Å². The summed E-state index contributed by atoms with van der Waals surface area (Å²) in [5.41, 5.74) is 3.63. The van der Waals surface area contributed by atoms with Gasteiger partial charge >= 0.3 is 0 Å². The largest absolute Gasteiger partial charge is 0.283 e. The van der Waals surface area contributed by atoms with Crippen LogP contribution in [-0.4, -0.2) is 45.4 Å². The van der Waals surface area contributed by atoms with Gasteiger partial charge in [-0.1, -0.05) is 49.9 Å². The number of amidine groups is 1. The normalized spacial score (nSPS) is 23.0. The minimum Gasteiger partial charge on any atom is -0.283 e. The van der Waals surface area contributed by atoms with E-state index in [1.165, 1.54) is 0 Å². The molecule has 0 bridgehead atoms. The van der Waals surface area contributed by atoms with Crippen molar-refractivity contribution in [1.82, 2.24) is 10.0 Å². The first-order valence-corrected chi connectivity index (χ1v) is 11.1. The second-order valence-corrected chi connectivity index (χ2v) is 8.76. The number of hydrogen-bond donors (Lipinski definition) is 0. The van der Waals surface area contributed by atoms with Gasteiger partial charge in [0.2, 0.25) is 0 Å². The molecule has 1 aromatic rings. The van der Waals surface area contributed by atoms with Crippen LogP contribution in [0.3, 0.4) is 0 Å². The lowest BCUT2D eigenvalue weighted by Crippen LogP contribution is -2.58.